The van der Waals surface area contributed by atoms with Crippen molar-refractivity contribution in [2.45, 2.75) is 25.0 Å². The van der Waals surface area contributed by atoms with E-state index in [4.69, 9.17) is 23.7 Å². The minimum absolute atomic E-state index is 0.0842. The zero-order chi connectivity index (χ0) is 17.3. The zero-order valence-electron chi connectivity index (χ0n) is 14.4. The zero-order valence-corrected chi connectivity index (χ0v) is 14.4. The summed E-state index contributed by atoms with van der Waals surface area (Å²) in [6.45, 7) is 0.273. The van der Waals surface area contributed by atoms with Crippen LogP contribution < -0.4 is 0 Å². The van der Waals surface area contributed by atoms with Crippen LogP contribution in [0.5, 0.6) is 0 Å². The third-order valence-electron chi connectivity index (χ3n) is 5.69. The largest absolute Gasteiger partial charge is 0.469 e. The van der Waals surface area contributed by atoms with Gasteiger partial charge in [-0.1, -0.05) is 0 Å². The summed E-state index contributed by atoms with van der Waals surface area (Å²) in [7, 11) is 7.42. The molecule has 4 atom stereocenters. The van der Waals surface area contributed by atoms with Crippen LogP contribution in [-0.4, -0.2) is 59.9 Å². The van der Waals surface area contributed by atoms with Gasteiger partial charge in [0, 0.05) is 40.1 Å². The molecule has 7 nitrogen and oxygen atoms in total. The van der Waals surface area contributed by atoms with E-state index in [1.807, 2.05) is 0 Å². The number of carbonyl (C=O) groups excluding carboxylic acids is 2. The molecule has 2 rings (SSSR count). The number of hydrogen-bond acceptors (Lipinski definition) is 7. The van der Waals surface area contributed by atoms with Gasteiger partial charge in [0.25, 0.3) is 0 Å². The maximum atomic E-state index is 12.7. The first-order chi connectivity index (χ1) is 10.9. The first-order valence-corrected chi connectivity index (χ1v) is 7.70. The van der Waals surface area contributed by atoms with Crippen LogP contribution in [0.25, 0.3) is 0 Å². The summed E-state index contributed by atoms with van der Waals surface area (Å²) in [6.07, 6.45) is 1.40. The van der Waals surface area contributed by atoms with Crippen molar-refractivity contribution in [3.63, 3.8) is 0 Å². The minimum atomic E-state index is -0.865. The monoisotopic (exact) mass is 330 g/mol. The van der Waals surface area contributed by atoms with Gasteiger partial charge in [0.15, 0.2) is 5.79 Å². The minimum Gasteiger partial charge on any atom is -0.469 e. The molecule has 2 aliphatic carbocycles. The third-order valence-corrected chi connectivity index (χ3v) is 5.69. The van der Waals surface area contributed by atoms with E-state index in [9.17, 15) is 9.59 Å². The Bertz CT molecular complexity index is 459. The van der Waals surface area contributed by atoms with Crippen molar-refractivity contribution < 1.29 is 33.3 Å². The van der Waals surface area contributed by atoms with Crippen LogP contribution in [0.4, 0.5) is 0 Å². The van der Waals surface area contributed by atoms with E-state index in [1.54, 1.807) is 21.3 Å². The van der Waals surface area contributed by atoms with E-state index in [-0.39, 0.29) is 30.4 Å². The quantitative estimate of drug-likeness (QED) is 0.531. The Morgan fingerprint density at radius 2 is 1.70 bits per heavy atom. The molecule has 7 heteroatoms. The van der Waals surface area contributed by atoms with Gasteiger partial charge in [0.1, 0.15) is 0 Å². The Morgan fingerprint density at radius 1 is 1.04 bits per heavy atom. The van der Waals surface area contributed by atoms with Crippen LogP contribution in [0, 0.1) is 23.2 Å². The van der Waals surface area contributed by atoms with Crippen LogP contribution in [0.1, 0.15) is 19.3 Å². The lowest BCUT2D eigenvalue weighted by molar-refractivity contribution is -0.213. The van der Waals surface area contributed by atoms with Crippen molar-refractivity contribution >= 4 is 11.9 Å². The molecule has 0 bridgehead atoms. The fourth-order valence-corrected chi connectivity index (χ4v) is 4.61. The topological polar surface area (TPSA) is 80.3 Å². The predicted molar refractivity (Wildman–Crippen MR) is 79.4 cm³/mol. The fourth-order valence-electron chi connectivity index (χ4n) is 4.61. The van der Waals surface area contributed by atoms with E-state index in [0.717, 1.165) is 0 Å². The Balaban J connectivity index is 2.47. The molecule has 2 saturated carbocycles. The summed E-state index contributed by atoms with van der Waals surface area (Å²) in [5, 5.41) is 0. The fraction of sp³-hybridized carbons (Fsp3) is 0.875. The molecular formula is C16H26O7. The summed E-state index contributed by atoms with van der Waals surface area (Å²) in [4.78, 5) is 24.9. The summed E-state index contributed by atoms with van der Waals surface area (Å²) in [6, 6.07) is 0. The molecule has 0 saturated heterocycles. The molecule has 132 valence electrons. The molecule has 0 aliphatic heterocycles. The highest BCUT2D eigenvalue weighted by Gasteiger charge is 2.69. The van der Waals surface area contributed by atoms with Crippen molar-refractivity contribution in [1.29, 1.82) is 0 Å². The first kappa shape index (κ1) is 18.2. The van der Waals surface area contributed by atoms with Gasteiger partial charge in [-0.05, 0) is 12.3 Å². The molecule has 0 unspecified atom stereocenters. The predicted octanol–water partition coefficient (Wildman–Crippen LogP) is 1.00. The molecule has 2 fully saturated rings. The highest BCUT2D eigenvalue weighted by atomic mass is 16.7. The van der Waals surface area contributed by atoms with Crippen molar-refractivity contribution in [2.24, 2.45) is 23.2 Å². The number of fused-ring (bicyclic) bond motifs is 1. The smallest absolute Gasteiger partial charge is 0.312 e. The van der Waals surface area contributed by atoms with Crippen LogP contribution in [0.2, 0.25) is 0 Å². The average Bonchev–Trinajstić information content (AvgIpc) is 3.06. The summed E-state index contributed by atoms with van der Waals surface area (Å²) < 4.78 is 26.5. The maximum absolute atomic E-state index is 12.7. The number of methoxy groups -OCH3 is 5. The summed E-state index contributed by atoms with van der Waals surface area (Å²) in [5.41, 5.74) is -0.865. The molecule has 2 aliphatic rings. The lowest BCUT2D eigenvalue weighted by Crippen LogP contribution is -2.45. The Hall–Kier alpha value is -1.18. The molecular weight excluding hydrogens is 304 g/mol. The molecule has 0 aromatic carbocycles. The van der Waals surface area contributed by atoms with Crippen LogP contribution in [0.3, 0.4) is 0 Å². The molecule has 0 amide bonds. The molecule has 23 heavy (non-hydrogen) atoms. The van der Waals surface area contributed by atoms with Gasteiger partial charge in [0.05, 0.1) is 32.2 Å². The summed E-state index contributed by atoms with van der Waals surface area (Å²) in [5.74, 6) is -2.30. The van der Waals surface area contributed by atoms with E-state index < -0.39 is 17.1 Å². The average molecular weight is 330 g/mol. The highest BCUT2D eigenvalue weighted by Crippen LogP contribution is 2.64. The van der Waals surface area contributed by atoms with E-state index in [2.05, 4.69) is 0 Å². The first-order valence-electron chi connectivity index (χ1n) is 7.70. The molecule has 0 radical (unpaired) electrons. The number of carbonyl (C=O) groups is 2. The maximum Gasteiger partial charge on any atom is 0.312 e. The van der Waals surface area contributed by atoms with Gasteiger partial charge < -0.3 is 23.7 Å². The second-order valence-corrected chi connectivity index (χ2v) is 6.36. The van der Waals surface area contributed by atoms with Gasteiger partial charge in [0.2, 0.25) is 0 Å². The summed E-state index contributed by atoms with van der Waals surface area (Å²) >= 11 is 0. The number of rotatable bonds is 6. The van der Waals surface area contributed by atoms with E-state index >= 15 is 0 Å². The van der Waals surface area contributed by atoms with Gasteiger partial charge in [-0.2, -0.15) is 0 Å². The SMILES string of the molecule is COC[C@H]1[C@@H](C(=O)OC)C[C@@H]2CC(OC)(OC)C[C@@]21C(=O)OC. The number of esters is 2. The van der Waals surface area contributed by atoms with Crippen molar-refractivity contribution in [2.75, 3.05) is 42.2 Å². The number of ether oxygens (including phenoxy) is 5. The molecule has 0 aromatic rings. The molecule has 0 heterocycles. The Morgan fingerprint density at radius 3 is 2.17 bits per heavy atom. The Kier molecular flexibility index (Phi) is 5.33. The van der Waals surface area contributed by atoms with Gasteiger partial charge in [-0.15, -0.1) is 0 Å². The van der Waals surface area contributed by atoms with E-state index in [0.29, 0.717) is 19.3 Å². The third kappa shape index (κ3) is 2.64. The van der Waals surface area contributed by atoms with Crippen LogP contribution >= 0.6 is 0 Å². The van der Waals surface area contributed by atoms with Gasteiger partial charge >= 0.3 is 11.9 Å². The van der Waals surface area contributed by atoms with Crippen molar-refractivity contribution in [3.8, 4) is 0 Å². The second-order valence-electron chi connectivity index (χ2n) is 6.36. The van der Waals surface area contributed by atoms with Crippen LogP contribution in [-0.2, 0) is 33.3 Å². The van der Waals surface area contributed by atoms with Gasteiger partial charge in [-0.25, -0.2) is 0 Å². The lowest BCUT2D eigenvalue weighted by atomic mass is 9.72. The van der Waals surface area contributed by atoms with Gasteiger partial charge in [-0.3, -0.25) is 9.59 Å². The van der Waals surface area contributed by atoms with Crippen LogP contribution in [0.15, 0.2) is 0 Å². The Labute approximate surface area is 136 Å². The number of hydrogen-bond donors (Lipinski definition) is 0. The lowest BCUT2D eigenvalue weighted by Gasteiger charge is -2.35. The van der Waals surface area contributed by atoms with Crippen molar-refractivity contribution in [1.82, 2.24) is 0 Å². The highest BCUT2D eigenvalue weighted by molar-refractivity contribution is 5.82. The normalized spacial score (nSPS) is 34.9. The van der Waals surface area contributed by atoms with Crippen molar-refractivity contribution in [3.05, 3.63) is 0 Å². The molecule has 0 spiro atoms. The second kappa shape index (κ2) is 6.75. The standard InChI is InChI=1S/C16H26O7/c1-19-8-12-11(13(17)20-2)6-10-7-15(22-4,23-5)9-16(10,12)14(18)21-3/h10-12H,6-9H2,1-5H3/t10-,11+,12+,16-/m1/s1. The van der Waals surface area contributed by atoms with E-state index in [1.165, 1.54) is 14.2 Å². The molecule has 0 aromatic heterocycles. The molecule has 0 N–H and O–H groups in total.